The van der Waals surface area contributed by atoms with Gasteiger partial charge in [0.05, 0.1) is 4.99 Å². The molecule has 3 N–H and O–H groups in total. The highest BCUT2D eigenvalue weighted by Crippen LogP contribution is 2.65. The molecule has 0 aromatic rings. The molecule has 0 aromatic carbocycles. The van der Waals surface area contributed by atoms with E-state index in [2.05, 4.69) is 4.72 Å². The Balaban J connectivity index is 1.68. The van der Waals surface area contributed by atoms with Gasteiger partial charge in [0.2, 0.25) is 10.0 Å². The zero-order valence-electron chi connectivity index (χ0n) is 9.80. The number of rotatable bonds is 4. The molecule has 3 aliphatic rings. The van der Waals surface area contributed by atoms with Gasteiger partial charge >= 0.3 is 0 Å². The average Bonchev–Trinajstić information content (AvgIpc) is 2.68. The van der Waals surface area contributed by atoms with Gasteiger partial charge in [-0.1, -0.05) is 12.2 Å². The summed E-state index contributed by atoms with van der Waals surface area (Å²) in [6, 6.07) is 0.169. The number of hydrogen-bond donors (Lipinski definition) is 2. The first kappa shape index (κ1) is 11.9. The van der Waals surface area contributed by atoms with Gasteiger partial charge in [0.15, 0.2) is 0 Å². The lowest BCUT2D eigenvalue weighted by Crippen LogP contribution is -2.42. The Bertz CT molecular complexity index is 446. The van der Waals surface area contributed by atoms with Gasteiger partial charge in [-0.05, 0) is 49.9 Å². The van der Waals surface area contributed by atoms with Crippen LogP contribution < -0.4 is 10.5 Å². The zero-order valence-corrected chi connectivity index (χ0v) is 11.4. The number of fused-ring (bicyclic) bond motifs is 5. The van der Waals surface area contributed by atoms with Crippen LogP contribution in [0.5, 0.6) is 0 Å². The van der Waals surface area contributed by atoms with Crippen molar-refractivity contribution in [1.29, 1.82) is 0 Å². The Morgan fingerprint density at radius 2 is 1.88 bits per heavy atom. The first-order valence-corrected chi connectivity index (χ1v) is 8.17. The lowest BCUT2D eigenvalue weighted by molar-refractivity contribution is 0.456. The van der Waals surface area contributed by atoms with Gasteiger partial charge in [0, 0.05) is 6.04 Å². The zero-order chi connectivity index (χ0) is 12.4. The van der Waals surface area contributed by atoms with E-state index in [-0.39, 0.29) is 11.0 Å². The van der Waals surface area contributed by atoms with Gasteiger partial charge < -0.3 is 5.73 Å². The third kappa shape index (κ3) is 1.72. The van der Waals surface area contributed by atoms with Crippen LogP contribution in [0.2, 0.25) is 0 Å². The molecule has 5 unspecified atom stereocenters. The first-order valence-electron chi connectivity index (χ1n) is 6.22. The summed E-state index contributed by atoms with van der Waals surface area (Å²) in [5.41, 5.74) is 5.41. The fourth-order valence-electron chi connectivity index (χ4n) is 3.93. The fourth-order valence-corrected chi connectivity index (χ4v) is 5.51. The fraction of sp³-hybridized carbons (Fsp3) is 0.909. The van der Waals surface area contributed by atoms with Crippen LogP contribution in [-0.2, 0) is 10.0 Å². The van der Waals surface area contributed by atoms with Crippen molar-refractivity contribution in [2.45, 2.75) is 37.5 Å². The highest BCUT2D eigenvalue weighted by molar-refractivity contribution is 7.93. The van der Waals surface area contributed by atoms with E-state index < -0.39 is 15.3 Å². The molecule has 3 aliphatic carbocycles. The van der Waals surface area contributed by atoms with Crippen LogP contribution in [0.1, 0.15) is 26.2 Å². The van der Waals surface area contributed by atoms with Gasteiger partial charge in [0.25, 0.3) is 0 Å². The van der Waals surface area contributed by atoms with Crippen LogP contribution in [0.3, 0.4) is 0 Å². The second kappa shape index (κ2) is 3.65. The van der Waals surface area contributed by atoms with Gasteiger partial charge in [-0.3, -0.25) is 0 Å². The topological polar surface area (TPSA) is 72.2 Å². The molecule has 0 heterocycles. The van der Waals surface area contributed by atoms with Crippen molar-refractivity contribution >= 4 is 27.2 Å². The van der Waals surface area contributed by atoms with E-state index in [9.17, 15) is 8.42 Å². The molecule has 0 aliphatic heterocycles. The van der Waals surface area contributed by atoms with Gasteiger partial charge in [0.1, 0.15) is 5.25 Å². The second-order valence-electron chi connectivity index (χ2n) is 5.72. The molecule has 96 valence electrons. The molecule has 0 amide bonds. The van der Waals surface area contributed by atoms with E-state index in [4.69, 9.17) is 18.0 Å². The van der Waals surface area contributed by atoms with Gasteiger partial charge in [-0.25, -0.2) is 13.1 Å². The van der Waals surface area contributed by atoms with Crippen molar-refractivity contribution in [3.8, 4) is 0 Å². The lowest BCUT2D eigenvalue weighted by atomic mass is 10.0. The molecular formula is C11H18N2O2S2. The summed E-state index contributed by atoms with van der Waals surface area (Å²) in [6.45, 7) is 1.55. The molecule has 0 saturated heterocycles. The standard InChI is InChI=1S/C11H18N2O2S2/c1-5(11(12)16)17(14,15)13-10-8-6-2-3-7(4-6)9(8)10/h5-10,13H,2-4H2,1H3,(H2,12,16). The van der Waals surface area contributed by atoms with Gasteiger partial charge in [-0.15, -0.1) is 0 Å². The van der Waals surface area contributed by atoms with Crippen molar-refractivity contribution in [2.75, 3.05) is 0 Å². The maximum atomic E-state index is 12.0. The van der Waals surface area contributed by atoms with Crippen LogP contribution in [-0.4, -0.2) is 24.7 Å². The molecule has 3 fully saturated rings. The Hall–Kier alpha value is -0.200. The minimum absolute atomic E-state index is 0.0475. The summed E-state index contributed by atoms with van der Waals surface area (Å²) in [5, 5.41) is -0.767. The molecule has 0 radical (unpaired) electrons. The summed E-state index contributed by atoms with van der Waals surface area (Å²) in [5.74, 6) is 2.72. The van der Waals surface area contributed by atoms with Crippen molar-refractivity contribution in [1.82, 2.24) is 4.72 Å². The quantitative estimate of drug-likeness (QED) is 0.737. The molecule has 0 spiro atoms. The normalized spacial score (nSPS) is 44.4. The van der Waals surface area contributed by atoms with E-state index >= 15 is 0 Å². The number of nitrogens with two attached hydrogens (primary N) is 1. The molecular weight excluding hydrogens is 256 g/mol. The lowest BCUT2D eigenvalue weighted by Gasteiger charge is -2.15. The van der Waals surface area contributed by atoms with Crippen LogP contribution in [0, 0.1) is 23.7 Å². The highest BCUT2D eigenvalue weighted by atomic mass is 32.2. The maximum Gasteiger partial charge on any atom is 0.221 e. The molecule has 0 aromatic heterocycles. The summed E-state index contributed by atoms with van der Waals surface area (Å²) in [4.78, 5) is 0.0475. The van der Waals surface area contributed by atoms with Crippen LogP contribution >= 0.6 is 12.2 Å². The van der Waals surface area contributed by atoms with Crippen LogP contribution in [0.15, 0.2) is 0 Å². The van der Waals surface area contributed by atoms with Crippen molar-refractivity contribution < 1.29 is 8.42 Å². The third-order valence-electron chi connectivity index (χ3n) is 4.90. The van der Waals surface area contributed by atoms with E-state index in [1.807, 2.05) is 0 Å². The first-order chi connectivity index (χ1) is 7.92. The summed E-state index contributed by atoms with van der Waals surface area (Å²) in [7, 11) is -3.37. The van der Waals surface area contributed by atoms with Crippen molar-refractivity contribution in [3.63, 3.8) is 0 Å². The van der Waals surface area contributed by atoms with Crippen molar-refractivity contribution in [3.05, 3.63) is 0 Å². The van der Waals surface area contributed by atoms with Crippen LogP contribution in [0.25, 0.3) is 0 Å². The summed E-state index contributed by atoms with van der Waals surface area (Å²) >= 11 is 4.76. The van der Waals surface area contributed by atoms with E-state index in [0.29, 0.717) is 11.8 Å². The Morgan fingerprint density at radius 1 is 1.35 bits per heavy atom. The van der Waals surface area contributed by atoms with Crippen LogP contribution in [0.4, 0.5) is 0 Å². The Labute approximate surface area is 107 Å². The number of thiocarbonyl (C=S) groups is 1. The Kier molecular flexibility index (Phi) is 2.55. The SMILES string of the molecule is CC(C(N)=S)S(=O)(=O)NC1C2C3CCC(C3)C12. The monoisotopic (exact) mass is 274 g/mol. The predicted molar refractivity (Wildman–Crippen MR) is 69.9 cm³/mol. The molecule has 3 rings (SSSR count). The van der Waals surface area contributed by atoms with E-state index in [0.717, 1.165) is 11.8 Å². The molecule has 17 heavy (non-hydrogen) atoms. The summed E-state index contributed by atoms with van der Waals surface area (Å²) < 4.78 is 26.8. The maximum absolute atomic E-state index is 12.0. The molecule has 3 saturated carbocycles. The molecule has 5 atom stereocenters. The molecule has 4 nitrogen and oxygen atoms in total. The molecule has 2 bridgehead atoms. The predicted octanol–water partition coefficient (Wildman–Crippen LogP) is 0.625. The molecule has 6 heteroatoms. The number of hydrogen-bond acceptors (Lipinski definition) is 3. The minimum Gasteiger partial charge on any atom is -0.392 e. The summed E-state index contributed by atoms with van der Waals surface area (Å²) in [6.07, 6.45) is 3.89. The smallest absolute Gasteiger partial charge is 0.221 e. The highest BCUT2D eigenvalue weighted by Gasteiger charge is 2.65. The second-order valence-corrected chi connectivity index (χ2v) is 8.23. The van der Waals surface area contributed by atoms with E-state index in [1.54, 1.807) is 6.92 Å². The third-order valence-corrected chi connectivity index (χ3v) is 7.19. The number of sulfonamides is 1. The minimum atomic E-state index is -3.37. The van der Waals surface area contributed by atoms with Gasteiger partial charge in [-0.2, -0.15) is 0 Å². The Morgan fingerprint density at radius 3 is 2.35 bits per heavy atom. The largest absolute Gasteiger partial charge is 0.392 e. The average molecular weight is 274 g/mol. The van der Waals surface area contributed by atoms with E-state index in [1.165, 1.54) is 19.3 Å². The van der Waals surface area contributed by atoms with Crippen molar-refractivity contribution in [2.24, 2.45) is 29.4 Å². The number of nitrogens with one attached hydrogen (secondary N) is 1.